The number of alkyl halides is 2. The zero-order chi connectivity index (χ0) is 13.7. The van der Waals surface area contributed by atoms with E-state index in [0.29, 0.717) is 12.8 Å². The van der Waals surface area contributed by atoms with Crippen molar-refractivity contribution in [2.45, 2.75) is 28.9 Å². The SMILES string of the molecule is C=CN(/C=N\[N+](=O)[O-])C1CCC(CF)C(O)C1I. The summed E-state index contributed by atoms with van der Waals surface area (Å²) in [5.41, 5.74) is 0. The van der Waals surface area contributed by atoms with Crippen LogP contribution in [-0.4, -0.2) is 44.1 Å². The minimum absolute atomic E-state index is 0.162. The van der Waals surface area contributed by atoms with Gasteiger partial charge in [-0.05, 0) is 19.0 Å². The van der Waals surface area contributed by atoms with Gasteiger partial charge in [-0.15, -0.1) is 0 Å². The number of hydrazone groups is 1. The molecule has 0 heterocycles. The highest BCUT2D eigenvalue weighted by Crippen LogP contribution is 2.33. The summed E-state index contributed by atoms with van der Waals surface area (Å²) in [6.07, 6.45) is 2.91. The second-order valence-corrected chi connectivity index (χ2v) is 5.53. The molecule has 1 aliphatic carbocycles. The van der Waals surface area contributed by atoms with Gasteiger partial charge in [-0.25, -0.2) is 10.1 Å². The number of aliphatic hydroxyl groups excluding tert-OH is 1. The smallest absolute Gasteiger partial charge is 0.192 e. The first-order valence-electron chi connectivity index (χ1n) is 5.47. The van der Waals surface area contributed by atoms with E-state index in [9.17, 15) is 19.6 Å². The van der Waals surface area contributed by atoms with E-state index in [1.54, 1.807) is 0 Å². The fourth-order valence-electron chi connectivity index (χ4n) is 2.05. The lowest BCUT2D eigenvalue weighted by molar-refractivity contribution is -0.484. The van der Waals surface area contributed by atoms with Gasteiger partial charge in [0.2, 0.25) is 0 Å². The van der Waals surface area contributed by atoms with Crippen molar-refractivity contribution in [3.63, 3.8) is 0 Å². The summed E-state index contributed by atoms with van der Waals surface area (Å²) < 4.78 is 12.4. The average molecular weight is 371 g/mol. The fourth-order valence-corrected chi connectivity index (χ4v) is 3.37. The van der Waals surface area contributed by atoms with Crippen LogP contribution in [0.2, 0.25) is 0 Å². The maximum Gasteiger partial charge on any atom is 0.192 e. The lowest BCUT2D eigenvalue weighted by Gasteiger charge is -2.40. The summed E-state index contributed by atoms with van der Waals surface area (Å²) in [7, 11) is 0. The van der Waals surface area contributed by atoms with Gasteiger partial charge in [-0.1, -0.05) is 29.2 Å². The Morgan fingerprint density at radius 3 is 2.83 bits per heavy atom. The molecule has 18 heavy (non-hydrogen) atoms. The molecule has 0 bridgehead atoms. The molecule has 4 unspecified atom stereocenters. The predicted molar refractivity (Wildman–Crippen MR) is 73.8 cm³/mol. The molecule has 0 saturated heterocycles. The van der Waals surface area contributed by atoms with Crippen molar-refractivity contribution >= 4 is 28.9 Å². The van der Waals surface area contributed by atoms with Crippen molar-refractivity contribution < 1.29 is 14.5 Å². The normalized spacial score (nSPS) is 32.4. The molecule has 8 heteroatoms. The largest absolute Gasteiger partial charge is 0.392 e. The van der Waals surface area contributed by atoms with Crippen molar-refractivity contribution in [2.24, 2.45) is 11.0 Å². The summed E-state index contributed by atoms with van der Waals surface area (Å²) in [6, 6.07) is -0.162. The number of hydrogen-bond acceptors (Lipinski definition) is 3. The third-order valence-electron chi connectivity index (χ3n) is 3.08. The average Bonchev–Trinajstić information content (AvgIpc) is 2.34. The van der Waals surface area contributed by atoms with Crippen molar-refractivity contribution in [3.05, 3.63) is 22.9 Å². The second kappa shape index (κ2) is 6.98. The summed E-state index contributed by atoms with van der Waals surface area (Å²) >= 11 is 2.04. The number of nitro groups is 1. The summed E-state index contributed by atoms with van der Waals surface area (Å²) in [5.74, 6) is -0.359. The molecular weight excluding hydrogens is 356 g/mol. The molecule has 102 valence electrons. The van der Waals surface area contributed by atoms with Gasteiger partial charge in [0.1, 0.15) is 0 Å². The van der Waals surface area contributed by atoms with E-state index in [1.807, 2.05) is 22.6 Å². The lowest BCUT2D eigenvalue weighted by Crippen LogP contribution is -2.50. The summed E-state index contributed by atoms with van der Waals surface area (Å²) in [5, 5.41) is 22.4. The maximum absolute atomic E-state index is 12.7. The highest BCUT2D eigenvalue weighted by atomic mass is 127. The van der Waals surface area contributed by atoms with Gasteiger partial charge >= 0.3 is 0 Å². The third-order valence-corrected chi connectivity index (χ3v) is 4.65. The summed E-state index contributed by atoms with van der Waals surface area (Å²) in [4.78, 5) is 11.7. The minimum Gasteiger partial charge on any atom is -0.392 e. The zero-order valence-electron chi connectivity index (χ0n) is 9.65. The molecule has 0 spiro atoms. The Morgan fingerprint density at radius 2 is 2.33 bits per heavy atom. The van der Waals surface area contributed by atoms with Crippen LogP contribution < -0.4 is 0 Å². The van der Waals surface area contributed by atoms with E-state index >= 15 is 0 Å². The van der Waals surface area contributed by atoms with Crippen LogP contribution in [0.5, 0.6) is 0 Å². The Kier molecular flexibility index (Phi) is 5.93. The molecule has 1 rings (SSSR count). The van der Waals surface area contributed by atoms with Gasteiger partial charge in [-0.2, -0.15) is 0 Å². The molecule has 0 aromatic rings. The molecule has 0 radical (unpaired) electrons. The molecule has 1 saturated carbocycles. The van der Waals surface area contributed by atoms with Crippen molar-refractivity contribution in [3.8, 4) is 0 Å². The Bertz CT molecular complexity index is 342. The molecule has 0 aromatic heterocycles. The van der Waals surface area contributed by atoms with E-state index in [0.717, 1.165) is 6.34 Å². The van der Waals surface area contributed by atoms with Crippen LogP contribution in [0.1, 0.15) is 12.8 Å². The van der Waals surface area contributed by atoms with Crippen LogP contribution in [0.4, 0.5) is 4.39 Å². The number of halogens is 2. The molecule has 0 aliphatic heterocycles. The van der Waals surface area contributed by atoms with Gasteiger partial charge in [0.15, 0.2) is 11.4 Å². The van der Waals surface area contributed by atoms with Gasteiger partial charge in [0.05, 0.1) is 21.8 Å². The number of rotatable bonds is 5. The van der Waals surface area contributed by atoms with Gasteiger partial charge in [0, 0.05) is 12.0 Å². The van der Waals surface area contributed by atoms with Gasteiger partial charge in [0.25, 0.3) is 0 Å². The van der Waals surface area contributed by atoms with Gasteiger partial charge < -0.3 is 10.0 Å². The van der Waals surface area contributed by atoms with E-state index in [-0.39, 0.29) is 15.9 Å². The Balaban J connectivity index is 2.75. The second-order valence-electron chi connectivity index (χ2n) is 4.09. The van der Waals surface area contributed by atoms with E-state index < -0.39 is 17.8 Å². The lowest BCUT2D eigenvalue weighted by atomic mass is 9.84. The van der Waals surface area contributed by atoms with E-state index in [4.69, 9.17) is 0 Å². The quantitative estimate of drug-likeness (QED) is 0.199. The molecule has 0 amide bonds. The Morgan fingerprint density at radius 1 is 1.67 bits per heavy atom. The molecule has 4 atom stereocenters. The van der Waals surface area contributed by atoms with Crippen molar-refractivity contribution in [2.75, 3.05) is 6.67 Å². The van der Waals surface area contributed by atoms with Crippen molar-refractivity contribution in [1.82, 2.24) is 4.90 Å². The van der Waals surface area contributed by atoms with Crippen LogP contribution in [0.3, 0.4) is 0 Å². The van der Waals surface area contributed by atoms with Crippen LogP contribution in [0.15, 0.2) is 17.9 Å². The van der Waals surface area contributed by atoms with Crippen LogP contribution in [0.25, 0.3) is 0 Å². The Hall–Kier alpha value is -0.770. The standard InChI is InChI=1S/C10H15FIN3O3/c1-2-14(6-13-15(17)18)8-4-3-7(5-11)10(16)9(8)12/h2,6-10,16H,1,3-5H2/b13-6-. The zero-order valence-corrected chi connectivity index (χ0v) is 11.8. The maximum atomic E-state index is 12.7. The first kappa shape index (κ1) is 15.3. The van der Waals surface area contributed by atoms with E-state index in [2.05, 4.69) is 11.7 Å². The number of aliphatic hydroxyl groups is 1. The molecule has 1 aliphatic rings. The molecular formula is C10H15FIN3O3. The topological polar surface area (TPSA) is 79.0 Å². The number of hydrogen-bond donors (Lipinski definition) is 1. The Labute approximate surface area is 118 Å². The minimum atomic E-state index is -0.803. The predicted octanol–water partition coefficient (Wildman–Crippen LogP) is 1.56. The summed E-state index contributed by atoms with van der Waals surface area (Å²) in [6.45, 7) is 3.01. The van der Waals surface area contributed by atoms with Crippen LogP contribution in [0, 0.1) is 16.0 Å². The number of nitrogens with zero attached hydrogens (tertiary/aromatic N) is 3. The van der Waals surface area contributed by atoms with E-state index in [1.165, 1.54) is 11.1 Å². The fraction of sp³-hybridized carbons (Fsp3) is 0.700. The molecule has 6 nitrogen and oxygen atoms in total. The molecule has 0 aromatic carbocycles. The van der Waals surface area contributed by atoms with Crippen LogP contribution >= 0.6 is 22.6 Å². The highest BCUT2D eigenvalue weighted by Gasteiger charge is 2.38. The van der Waals surface area contributed by atoms with Gasteiger partial charge in [-0.3, -0.25) is 4.39 Å². The molecule has 1 fully saturated rings. The monoisotopic (exact) mass is 371 g/mol. The molecule has 1 N–H and O–H groups in total. The van der Waals surface area contributed by atoms with Crippen LogP contribution in [-0.2, 0) is 0 Å². The third kappa shape index (κ3) is 3.61. The van der Waals surface area contributed by atoms with Crippen molar-refractivity contribution in [1.29, 1.82) is 0 Å². The first-order chi connectivity index (χ1) is 8.51. The first-order valence-corrected chi connectivity index (χ1v) is 6.72. The highest BCUT2D eigenvalue weighted by molar-refractivity contribution is 14.1.